The molecule has 1 aliphatic heterocycles. The second kappa shape index (κ2) is 6.53. The van der Waals surface area contributed by atoms with Crippen LogP contribution in [0.2, 0.25) is 0 Å². The number of benzene rings is 1. The van der Waals surface area contributed by atoms with Gasteiger partial charge in [-0.15, -0.1) is 0 Å². The third kappa shape index (κ3) is 3.80. The summed E-state index contributed by atoms with van der Waals surface area (Å²) in [5, 5.41) is 0. The van der Waals surface area contributed by atoms with E-state index in [1.54, 1.807) is 0 Å². The summed E-state index contributed by atoms with van der Waals surface area (Å²) in [6.07, 6.45) is 2.72. The van der Waals surface area contributed by atoms with Gasteiger partial charge in [-0.25, -0.2) is 0 Å². The second-order valence-electron chi connectivity index (χ2n) is 6.32. The Hall–Kier alpha value is -0.860. The number of rotatable bonds is 4. The lowest BCUT2D eigenvalue weighted by Gasteiger charge is -2.34. The van der Waals surface area contributed by atoms with Crippen LogP contribution in [0.1, 0.15) is 43.4 Å². The molecule has 0 amide bonds. The summed E-state index contributed by atoms with van der Waals surface area (Å²) in [5.74, 6) is 1.77. The van der Waals surface area contributed by atoms with Crippen LogP contribution in [0.5, 0.6) is 0 Å². The number of piperidine rings is 1. The highest BCUT2D eigenvalue weighted by atomic mass is 15.1. The molecule has 0 aliphatic carbocycles. The molecule has 0 atom stereocenters. The summed E-state index contributed by atoms with van der Waals surface area (Å²) in [4.78, 5) is 2.60. The number of hydrogen-bond acceptors (Lipinski definition) is 2. The fourth-order valence-corrected chi connectivity index (χ4v) is 3.08. The van der Waals surface area contributed by atoms with Gasteiger partial charge >= 0.3 is 0 Å². The van der Waals surface area contributed by atoms with Gasteiger partial charge in [-0.1, -0.05) is 32.0 Å². The van der Waals surface area contributed by atoms with Gasteiger partial charge in [0, 0.05) is 13.1 Å². The van der Waals surface area contributed by atoms with Crippen LogP contribution < -0.4 is 5.73 Å². The number of nitrogens with two attached hydrogens (primary N) is 1. The van der Waals surface area contributed by atoms with Crippen LogP contribution in [0.15, 0.2) is 18.2 Å². The summed E-state index contributed by atoms with van der Waals surface area (Å²) in [6.45, 7) is 11.2. The number of hydrogen-bond donors (Lipinski definition) is 1. The molecule has 19 heavy (non-hydrogen) atoms. The van der Waals surface area contributed by atoms with Crippen molar-refractivity contribution in [3.8, 4) is 0 Å². The Morgan fingerprint density at radius 3 is 2.47 bits per heavy atom. The summed E-state index contributed by atoms with van der Waals surface area (Å²) >= 11 is 0. The number of likely N-dealkylation sites (tertiary alicyclic amines) is 1. The first kappa shape index (κ1) is 14.5. The lowest BCUT2D eigenvalue weighted by Crippen LogP contribution is -2.34. The average Bonchev–Trinajstić information content (AvgIpc) is 2.41. The van der Waals surface area contributed by atoms with Crippen molar-refractivity contribution in [3.05, 3.63) is 34.9 Å². The van der Waals surface area contributed by atoms with Crippen molar-refractivity contribution < 1.29 is 0 Å². The van der Waals surface area contributed by atoms with E-state index in [4.69, 9.17) is 5.73 Å². The molecule has 2 rings (SSSR count). The van der Waals surface area contributed by atoms with Gasteiger partial charge in [0.05, 0.1) is 0 Å². The van der Waals surface area contributed by atoms with Gasteiger partial charge in [-0.2, -0.15) is 0 Å². The molecular formula is C17H28N2. The van der Waals surface area contributed by atoms with Gasteiger partial charge in [-0.3, -0.25) is 4.90 Å². The smallest absolute Gasteiger partial charge is 0.0236 e. The third-order valence-corrected chi connectivity index (χ3v) is 4.61. The third-order valence-electron chi connectivity index (χ3n) is 4.61. The Morgan fingerprint density at radius 1 is 1.26 bits per heavy atom. The maximum Gasteiger partial charge on any atom is 0.0236 e. The predicted molar refractivity (Wildman–Crippen MR) is 81.9 cm³/mol. The zero-order valence-corrected chi connectivity index (χ0v) is 12.7. The predicted octanol–water partition coefficient (Wildman–Crippen LogP) is 3.32. The molecule has 0 saturated carbocycles. The zero-order chi connectivity index (χ0) is 13.8. The molecule has 0 unspecified atom stereocenters. The molecule has 2 heteroatoms. The van der Waals surface area contributed by atoms with E-state index in [0.29, 0.717) is 6.54 Å². The molecule has 2 nitrogen and oxygen atoms in total. The Kier molecular flexibility index (Phi) is 5.00. The van der Waals surface area contributed by atoms with E-state index in [2.05, 4.69) is 43.9 Å². The monoisotopic (exact) mass is 260 g/mol. The van der Waals surface area contributed by atoms with E-state index in [9.17, 15) is 0 Å². The Morgan fingerprint density at radius 2 is 1.95 bits per heavy atom. The van der Waals surface area contributed by atoms with Crippen molar-refractivity contribution in [2.24, 2.45) is 17.6 Å². The number of aryl methyl sites for hydroxylation is 1. The molecule has 0 bridgehead atoms. The minimum absolute atomic E-state index is 0.640. The molecule has 1 fully saturated rings. The highest BCUT2D eigenvalue weighted by Crippen LogP contribution is 2.25. The molecule has 0 aromatic heterocycles. The maximum atomic E-state index is 5.69. The van der Waals surface area contributed by atoms with Gasteiger partial charge < -0.3 is 5.73 Å². The van der Waals surface area contributed by atoms with Crippen LogP contribution in [0.4, 0.5) is 0 Å². The first-order chi connectivity index (χ1) is 9.10. The van der Waals surface area contributed by atoms with Crippen LogP contribution in [0.25, 0.3) is 0 Å². The minimum Gasteiger partial charge on any atom is -0.326 e. The van der Waals surface area contributed by atoms with Crippen molar-refractivity contribution in [3.63, 3.8) is 0 Å². The van der Waals surface area contributed by atoms with Gasteiger partial charge in [-0.05, 0) is 61.4 Å². The molecule has 0 spiro atoms. The van der Waals surface area contributed by atoms with Crippen molar-refractivity contribution in [2.75, 3.05) is 13.1 Å². The SMILES string of the molecule is Cc1cc(CN)ccc1CN1CCC(C(C)C)CC1. The molecular weight excluding hydrogens is 232 g/mol. The van der Waals surface area contributed by atoms with Crippen molar-refractivity contribution in [1.82, 2.24) is 4.90 Å². The Bertz CT molecular complexity index is 404. The van der Waals surface area contributed by atoms with Crippen LogP contribution in [0.3, 0.4) is 0 Å². The van der Waals surface area contributed by atoms with Crippen molar-refractivity contribution >= 4 is 0 Å². The van der Waals surface area contributed by atoms with E-state index < -0.39 is 0 Å². The number of nitrogens with zero attached hydrogens (tertiary/aromatic N) is 1. The fourth-order valence-electron chi connectivity index (χ4n) is 3.08. The zero-order valence-electron chi connectivity index (χ0n) is 12.7. The minimum atomic E-state index is 0.640. The van der Waals surface area contributed by atoms with Gasteiger partial charge in [0.25, 0.3) is 0 Å². The molecule has 1 saturated heterocycles. The molecule has 1 aromatic carbocycles. The molecule has 0 radical (unpaired) electrons. The normalized spacial score (nSPS) is 18.2. The molecule has 106 valence electrons. The second-order valence-corrected chi connectivity index (χ2v) is 6.32. The summed E-state index contributed by atoms with van der Waals surface area (Å²) in [7, 11) is 0. The van der Waals surface area contributed by atoms with E-state index in [-0.39, 0.29) is 0 Å². The van der Waals surface area contributed by atoms with E-state index in [1.807, 2.05) is 0 Å². The Balaban J connectivity index is 1.92. The topological polar surface area (TPSA) is 29.3 Å². The van der Waals surface area contributed by atoms with Crippen molar-refractivity contribution in [2.45, 2.75) is 46.7 Å². The van der Waals surface area contributed by atoms with Crippen LogP contribution in [-0.2, 0) is 13.1 Å². The van der Waals surface area contributed by atoms with Crippen LogP contribution >= 0.6 is 0 Å². The first-order valence-corrected chi connectivity index (χ1v) is 7.61. The fraction of sp³-hybridized carbons (Fsp3) is 0.647. The van der Waals surface area contributed by atoms with Gasteiger partial charge in [0.15, 0.2) is 0 Å². The van der Waals surface area contributed by atoms with E-state index in [1.165, 1.54) is 42.6 Å². The van der Waals surface area contributed by atoms with Gasteiger partial charge in [0.1, 0.15) is 0 Å². The van der Waals surface area contributed by atoms with Crippen molar-refractivity contribution in [1.29, 1.82) is 0 Å². The van der Waals surface area contributed by atoms with Crippen LogP contribution in [0, 0.1) is 18.8 Å². The molecule has 1 heterocycles. The lowest BCUT2D eigenvalue weighted by atomic mass is 9.86. The highest BCUT2D eigenvalue weighted by Gasteiger charge is 2.21. The average molecular weight is 260 g/mol. The Labute approximate surface area is 118 Å². The summed E-state index contributed by atoms with van der Waals surface area (Å²) in [6, 6.07) is 6.66. The quantitative estimate of drug-likeness (QED) is 0.900. The first-order valence-electron chi connectivity index (χ1n) is 7.61. The summed E-state index contributed by atoms with van der Waals surface area (Å²) < 4.78 is 0. The largest absolute Gasteiger partial charge is 0.326 e. The van der Waals surface area contributed by atoms with Crippen LogP contribution in [-0.4, -0.2) is 18.0 Å². The summed E-state index contributed by atoms with van der Waals surface area (Å²) in [5.41, 5.74) is 9.76. The maximum absolute atomic E-state index is 5.69. The molecule has 1 aliphatic rings. The van der Waals surface area contributed by atoms with E-state index >= 15 is 0 Å². The van der Waals surface area contributed by atoms with Gasteiger partial charge in [0.2, 0.25) is 0 Å². The van der Waals surface area contributed by atoms with E-state index in [0.717, 1.165) is 18.4 Å². The highest BCUT2D eigenvalue weighted by molar-refractivity contribution is 5.31. The standard InChI is InChI=1S/C17H28N2/c1-13(2)16-6-8-19(9-7-16)12-17-5-4-15(11-18)10-14(17)3/h4-5,10,13,16H,6-9,11-12,18H2,1-3H3. The lowest BCUT2D eigenvalue weighted by molar-refractivity contribution is 0.152. The molecule has 1 aromatic rings. The molecule has 2 N–H and O–H groups in total.